The smallest absolute Gasteiger partial charge is 0.354 e. The molecule has 0 fully saturated rings. The number of amides is 1. The molecule has 6 nitrogen and oxygen atoms in total. The molecule has 0 aliphatic heterocycles. The Kier molecular flexibility index (Phi) is 2.99. The largest absolute Gasteiger partial charge is 0.477 e. The van der Waals surface area contributed by atoms with E-state index in [1.165, 1.54) is 0 Å². The van der Waals surface area contributed by atoms with Crippen LogP contribution >= 0.6 is 0 Å². The molecule has 1 aromatic heterocycles. The van der Waals surface area contributed by atoms with Crippen LogP contribution in [0.4, 0.5) is 0 Å². The van der Waals surface area contributed by atoms with Gasteiger partial charge in [0.2, 0.25) is 0 Å². The summed E-state index contributed by atoms with van der Waals surface area (Å²) in [5.74, 6) is 0.493. The summed E-state index contributed by atoms with van der Waals surface area (Å²) >= 11 is 0. The van der Waals surface area contributed by atoms with E-state index in [0.717, 1.165) is 6.33 Å². The van der Waals surface area contributed by atoms with Gasteiger partial charge >= 0.3 is 5.97 Å². The number of carboxylic acid groups (broad SMARTS) is 1. The number of aromatic amines is 1. The van der Waals surface area contributed by atoms with Gasteiger partial charge in [0.25, 0.3) is 5.91 Å². The molecule has 6 heteroatoms. The maximum Gasteiger partial charge on any atom is 0.354 e. The van der Waals surface area contributed by atoms with Crippen molar-refractivity contribution in [2.75, 3.05) is 0 Å². The van der Waals surface area contributed by atoms with Crippen molar-refractivity contribution in [3.8, 4) is 12.3 Å². The van der Waals surface area contributed by atoms with Crippen LogP contribution in [0.1, 0.15) is 34.8 Å². The number of nitrogens with zero attached hydrogens (tertiary/aromatic N) is 1. The first-order chi connectivity index (χ1) is 7.37. The third-order valence-electron chi connectivity index (χ3n) is 1.86. The number of carboxylic acids is 1. The van der Waals surface area contributed by atoms with Crippen LogP contribution in [0.3, 0.4) is 0 Å². The van der Waals surface area contributed by atoms with E-state index < -0.39 is 17.4 Å². The van der Waals surface area contributed by atoms with E-state index in [1.807, 2.05) is 0 Å². The fourth-order valence-corrected chi connectivity index (χ4v) is 1.01. The maximum atomic E-state index is 11.7. The summed E-state index contributed by atoms with van der Waals surface area (Å²) < 4.78 is 0. The number of hydrogen-bond donors (Lipinski definition) is 3. The Bertz CT molecular complexity index is 468. The molecular formula is C10H11N3O3. The highest BCUT2D eigenvalue weighted by atomic mass is 16.4. The average molecular weight is 221 g/mol. The lowest BCUT2D eigenvalue weighted by atomic mass is 10.1. The lowest BCUT2D eigenvalue weighted by molar-refractivity contribution is 0.0684. The highest BCUT2D eigenvalue weighted by Gasteiger charge is 2.24. The minimum atomic E-state index is -1.25. The third-order valence-corrected chi connectivity index (χ3v) is 1.86. The lowest BCUT2D eigenvalue weighted by Gasteiger charge is -2.18. The lowest BCUT2D eigenvalue weighted by Crippen LogP contribution is -2.42. The second kappa shape index (κ2) is 4.06. The van der Waals surface area contributed by atoms with Crippen LogP contribution < -0.4 is 5.32 Å². The van der Waals surface area contributed by atoms with Gasteiger partial charge in [0, 0.05) is 0 Å². The molecular weight excluding hydrogens is 210 g/mol. The van der Waals surface area contributed by atoms with Crippen LogP contribution in [0.25, 0.3) is 0 Å². The van der Waals surface area contributed by atoms with Gasteiger partial charge in [0.15, 0.2) is 11.4 Å². The molecule has 1 amide bonds. The number of nitrogens with one attached hydrogen (secondary N) is 2. The minimum absolute atomic E-state index is 0.184. The molecule has 0 aromatic carbocycles. The Balaban J connectivity index is 2.95. The molecule has 0 unspecified atom stereocenters. The molecule has 1 heterocycles. The van der Waals surface area contributed by atoms with Gasteiger partial charge in [-0.3, -0.25) is 4.79 Å². The quantitative estimate of drug-likeness (QED) is 0.637. The Morgan fingerprint density at radius 2 is 2.25 bits per heavy atom. The van der Waals surface area contributed by atoms with Crippen molar-refractivity contribution in [2.24, 2.45) is 0 Å². The van der Waals surface area contributed by atoms with E-state index in [9.17, 15) is 9.59 Å². The first-order valence-corrected chi connectivity index (χ1v) is 4.44. The first-order valence-electron chi connectivity index (χ1n) is 4.44. The van der Waals surface area contributed by atoms with Crippen molar-refractivity contribution < 1.29 is 14.7 Å². The standard InChI is InChI=1S/C10H11N3O3/c1-4-10(2,3)13-8(14)6-7(9(15)16)12-5-11-6/h1,5H,2-3H3,(H,11,12)(H,13,14)(H,15,16). The number of terminal acetylenes is 1. The summed E-state index contributed by atoms with van der Waals surface area (Å²) in [5.41, 5.74) is -1.30. The van der Waals surface area contributed by atoms with Crippen molar-refractivity contribution in [3.63, 3.8) is 0 Å². The van der Waals surface area contributed by atoms with Crippen LogP contribution in [0, 0.1) is 12.3 Å². The van der Waals surface area contributed by atoms with Gasteiger partial charge in [-0.05, 0) is 13.8 Å². The van der Waals surface area contributed by atoms with Crippen LogP contribution in [-0.2, 0) is 0 Å². The summed E-state index contributed by atoms with van der Waals surface area (Å²) in [5, 5.41) is 11.3. The predicted octanol–water partition coefficient (Wildman–Crippen LogP) is 0.250. The Labute approximate surface area is 92.1 Å². The third kappa shape index (κ3) is 2.39. The summed E-state index contributed by atoms with van der Waals surface area (Å²) in [6.07, 6.45) is 6.34. The number of carbonyl (C=O) groups excluding carboxylic acids is 1. The number of imidazole rings is 1. The molecule has 0 aliphatic carbocycles. The fourth-order valence-electron chi connectivity index (χ4n) is 1.01. The number of aromatic nitrogens is 2. The molecule has 1 aromatic rings. The van der Waals surface area contributed by atoms with Crippen LogP contribution in [-0.4, -0.2) is 32.5 Å². The zero-order chi connectivity index (χ0) is 12.3. The molecule has 0 saturated heterocycles. The van der Waals surface area contributed by atoms with Crippen LogP contribution in [0.15, 0.2) is 6.33 Å². The van der Waals surface area contributed by atoms with Gasteiger partial charge in [0.05, 0.1) is 11.9 Å². The SMILES string of the molecule is C#CC(C)(C)NC(=O)c1nc[nH]c1C(=O)O. The van der Waals surface area contributed by atoms with Gasteiger partial charge in [0.1, 0.15) is 0 Å². The summed E-state index contributed by atoms with van der Waals surface area (Å²) in [6, 6.07) is 0. The van der Waals surface area contributed by atoms with Crippen LogP contribution in [0.5, 0.6) is 0 Å². The Hall–Kier alpha value is -2.29. The second-order valence-electron chi connectivity index (χ2n) is 3.65. The van der Waals surface area contributed by atoms with Crippen molar-refractivity contribution in [1.29, 1.82) is 0 Å². The van der Waals surface area contributed by atoms with E-state index in [-0.39, 0.29) is 11.4 Å². The van der Waals surface area contributed by atoms with Gasteiger partial charge < -0.3 is 15.4 Å². The van der Waals surface area contributed by atoms with E-state index in [1.54, 1.807) is 13.8 Å². The molecule has 0 bridgehead atoms. The van der Waals surface area contributed by atoms with Crippen molar-refractivity contribution >= 4 is 11.9 Å². The second-order valence-corrected chi connectivity index (χ2v) is 3.65. The van der Waals surface area contributed by atoms with E-state index in [2.05, 4.69) is 21.2 Å². The zero-order valence-corrected chi connectivity index (χ0v) is 8.87. The fraction of sp³-hybridized carbons (Fsp3) is 0.300. The Morgan fingerprint density at radius 1 is 1.62 bits per heavy atom. The molecule has 16 heavy (non-hydrogen) atoms. The molecule has 0 spiro atoms. The molecule has 0 atom stereocenters. The first kappa shape index (κ1) is 11.8. The minimum Gasteiger partial charge on any atom is -0.477 e. The summed E-state index contributed by atoms with van der Waals surface area (Å²) in [7, 11) is 0. The number of hydrogen-bond acceptors (Lipinski definition) is 3. The van der Waals surface area contributed by atoms with Gasteiger partial charge in [-0.2, -0.15) is 0 Å². The van der Waals surface area contributed by atoms with E-state index >= 15 is 0 Å². The van der Waals surface area contributed by atoms with Crippen molar-refractivity contribution in [3.05, 3.63) is 17.7 Å². The van der Waals surface area contributed by atoms with E-state index in [0.29, 0.717) is 0 Å². The van der Waals surface area contributed by atoms with Gasteiger partial charge in [-0.1, -0.05) is 5.92 Å². The number of rotatable bonds is 3. The van der Waals surface area contributed by atoms with E-state index in [4.69, 9.17) is 11.5 Å². The molecule has 0 radical (unpaired) electrons. The Morgan fingerprint density at radius 3 is 2.75 bits per heavy atom. The number of aromatic carboxylic acids is 1. The van der Waals surface area contributed by atoms with Gasteiger partial charge in [-0.15, -0.1) is 6.42 Å². The molecule has 3 N–H and O–H groups in total. The van der Waals surface area contributed by atoms with Crippen LogP contribution in [0.2, 0.25) is 0 Å². The molecule has 0 aliphatic rings. The zero-order valence-electron chi connectivity index (χ0n) is 8.87. The molecule has 1 rings (SSSR count). The number of H-pyrrole nitrogens is 1. The maximum absolute atomic E-state index is 11.7. The summed E-state index contributed by atoms with van der Waals surface area (Å²) in [4.78, 5) is 28.4. The normalized spacial score (nSPS) is 10.6. The van der Waals surface area contributed by atoms with Gasteiger partial charge in [-0.25, -0.2) is 9.78 Å². The topological polar surface area (TPSA) is 95.1 Å². The average Bonchev–Trinajstić information content (AvgIpc) is 2.65. The molecule has 0 saturated carbocycles. The predicted molar refractivity (Wildman–Crippen MR) is 55.9 cm³/mol. The molecule has 84 valence electrons. The van der Waals surface area contributed by atoms with Crippen molar-refractivity contribution in [2.45, 2.75) is 19.4 Å². The highest BCUT2D eigenvalue weighted by Crippen LogP contribution is 2.06. The summed E-state index contributed by atoms with van der Waals surface area (Å²) in [6.45, 7) is 3.25. The number of carbonyl (C=O) groups is 2. The monoisotopic (exact) mass is 221 g/mol. The highest BCUT2D eigenvalue weighted by molar-refractivity contribution is 6.02. The van der Waals surface area contributed by atoms with Crippen molar-refractivity contribution in [1.82, 2.24) is 15.3 Å².